The molecule has 2 aromatic heterocycles. The van der Waals surface area contributed by atoms with Gasteiger partial charge in [0.05, 0.1) is 0 Å². The Morgan fingerprint density at radius 3 is 1.63 bits per heavy atom. The van der Waals surface area contributed by atoms with Gasteiger partial charge < -0.3 is 0 Å². The Hall–Kier alpha value is -2.39. The van der Waals surface area contributed by atoms with Crippen LogP contribution in [0.25, 0.3) is 9.75 Å². The van der Waals surface area contributed by atoms with Crippen molar-refractivity contribution in [3.8, 4) is 9.75 Å². The topological polar surface area (TPSA) is 74.8 Å². The van der Waals surface area contributed by atoms with Crippen LogP contribution in [0, 0.1) is 13.8 Å². The fraction of sp³-hybridized carbons (Fsp3) is 0.594. The Bertz CT molecular complexity index is 1330. The van der Waals surface area contributed by atoms with E-state index in [2.05, 4.69) is 21.3 Å². The maximum absolute atomic E-state index is 13.9. The van der Waals surface area contributed by atoms with E-state index >= 15 is 0 Å². The summed E-state index contributed by atoms with van der Waals surface area (Å²) in [6.07, 6.45) is 13.9. The van der Waals surface area contributed by atoms with Gasteiger partial charge in [-0.25, -0.2) is 0 Å². The zero-order valence-corrected chi connectivity index (χ0v) is 26.7. The van der Waals surface area contributed by atoms with Crippen molar-refractivity contribution >= 4 is 59.8 Å². The molecule has 1 atom stereocenters. The van der Waals surface area contributed by atoms with Crippen LogP contribution in [-0.2, 0) is 0 Å². The number of unbranched alkanes of at least 4 members (excludes halogenated alkanes) is 10. The second-order valence-electron chi connectivity index (χ2n) is 11.3. The second-order valence-corrected chi connectivity index (χ2v) is 13.8. The van der Waals surface area contributed by atoms with Crippen LogP contribution in [0.5, 0.6) is 0 Å². The van der Waals surface area contributed by atoms with Gasteiger partial charge in [-0.3, -0.25) is 0 Å². The molecular weight excluding hydrogens is 551 g/mol. The van der Waals surface area contributed by atoms with E-state index in [1.54, 1.807) is 5.97 Å². The molecule has 2 aliphatic heterocycles. The van der Waals surface area contributed by atoms with Crippen LogP contribution in [0.1, 0.15) is 149 Å². The van der Waals surface area contributed by atoms with E-state index in [0.29, 0.717) is 45.0 Å². The first-order valence-corrected chi connectivity index (χ1v) is 17.0. The number of fused-ring (bicyclic) bond motifs is 2. The van der Waals surface area contributed by atoms with Gasteiger partial charge in [-0.15, -0.1) is 0 Å². The van der Waals surface area contributed by atoms with Crippen molar-refractivity contribution in [1.29, 1.82) is 0 Å². The predicted molar refractivity (Wildman–Crippen MR) is 171 cm³/mol. The summed E-state index contributed by atoms with van der Waals surface area (Å²) in [5, 5.41) is 0. The van der Waals surface area contributed by atoms with Crippen molar-refractivity contribution < 1.29 is 19.2 Å². The molecule has 0 bridgehead atoms. The number of hydrogen-bond acceptors (Lipinski definition) is 6. The summed E-state index contributed by atoms with van der Waals surface area (Å²) < 4.78 is 0. The molecule has 0 saturated heterocycles. The second kappa shape index (κ2) is 14.2. The summed E-state index contributed by atoms with van der Waals surface area (Å²) in [5.41, 5.74) is 1.68. The molecule has 2 aliphatic rings. The molecule has 41 heavy (non-hydrogen) atoms. The van der Waals surface area contributed by atoms with Gasteiger partial charge in [0.1, 0.15) is 0 Å². The van der Waals surface area contributed by atoms with E-state index in [-0.39, 0.29) is 29.7 Å². The first-order chi connectivity index (χ1) is 19.8. The van der Waals surface area contributed by atoms with Crippen LogP contribution >= 0.6 is 22.7 Å². The third-order valence-electron chi connectivity index (χ3n) is 8.35. The molecular formula is C32H43BN2O4S2. The van der Waals surface area contributed by atoms with Gasteiger partial charge in [0.15, 0.2) is 0 Å². The van der Waals surface area contributed by atoms with E-state index in [1.807, 2.05) is 13.8 Å². The molecule has 0 saturated carbocycles. The zero-order valence-electron chi connectivity index (χ0n) is 25.1. The molecule has 0 N–H and O–H groups in total. The fourth-order valence-corrected chi connectivity index (χ4v) is 8.49. The molecule has 9 heteroatoms. The standard InChI is InChI=1S/C32H43BN2O4S2/c1-5-7-9-11-13-15-17-22(19-33)35-31(38)24-21(4)41-28(26(24)32(35)39)27-25-23(20(3)40-27)29(36)34(30(25)37)18-16-14-12-10-8-6-2/h19,22,33H,5-18H2,1-4H3. The molecule has 0 fully saturated rings. The van der Waals surface area contributed by atoms with Gasteiger partial charge in [-0.1, -0.05) is 39.0 Å². The molecule has 4 amide bonds. The molecule has 4 rings (SSSR count). The van der Waals surface area contributed by atoms with Crippen LogP contribution in [0.2, 0.25) is 0 Å². The quantitative estimate of drug-likeness (QED) is 0.108. The predicted octanol–water partition coefficient (Wildman–Crippen LogP) is 7.47. The van der Waals surface area contributed by atoms with Crippen molar-refractivity contribution in [3.05, 3.63) is 32.0 Å². The summed E-state index contributed by atoms with van der Waals surface area (Å²) in [4.78, 5) is 60.0. The molecule has 1 unspecified atom stereocenters. The Kier molecular flexibility index (Phi) is 10.9. The van der Waals surface area contributed by atoms with Gasteiger partial charge in [0.25, 0.3) is 0 Å². The number of rotatable bonds is 17. The Morgan fingerprint density at radius 1 is 0.634 bits per heavy atom. The van der Waals surface area contributed by atoms with Crippen LogP contribution in [0.15, 0.2) is 0 Å². The van der Waals surface area contributed by atoms with Crippen LogP contribution in [0.4, 0.5) is 0 Å². The van der Waals surface area contributed by atoms with Crippen molar-refractivity contribution in [2.45, 2.75) is 117 Å². The maximum atomic E-state index is 13.9. The van der Waals surface area contributed by atoms with Crippen molar-refractivity contribution in [1.82, 2.24) is 9.80 Å². The molecule has 220 valence electrons. The first kappa shape index (κ1) is 31.5. The van der Waals surface area contributed by atoms with Crippen LogP contribution in [0.3, 0.4) is 0 Å². The van der Waals surface area contributed by atoms with Gasteiger partial charge in [0.2, 0.25) is 0 Å². The van der Waals surface area contributed by atoms with E-state index in [9.17, 15) is 19.2 Å². The Labute approximate surface area is 253 Å². The number of nitrogens with zero attached hydrogens (tertiary/aromatic N) is 2. The number of carbonyl (C=O) groups is 4. The third-order valence-corrected chi connectivity index (χ3v) is 10.7. The van der Waals surface area contributed by atoms with Crippen LogP contribution in [-0.4, -0.2) is 59.5 Å². The normalized spacial score (nSPS) is 15.3. The average Bonchev–Trinajstić information content (AvgIpc) is 3.63. The molecule has 0 aromatic carbocycles. The number of imide groups is 2. The van der Waals surface area contributed by atoms with E-state index in [1.165, 1.54) is 71.0 Å². The zero-order chi connectivity index (χ0) is 29.7. The minimum absolute atomic E-state index is 0.238. The van der Waals surface area contributed by atoms with E-state index in [4.69, 9.17) is 0 Å². The van der Waals surface area contributed by atoms with Gasteiger partial charge in [-0.05, 0) is 0 Å². The Morgan fingerprint density at radius 2 is 1.07 bits per heavy atom. The number of thiophene rings is 2. The number of amides is 4. The molecule has 0 radical (unpaired) electrons. The Balaban J connectivity index is 1.55. The monoisotopic (exact) mass is 594 g/mol. The fourth-order valence-electron chi connectivity index (χ4n) is 6.07. The summed E-state index contributed by atoms with van der Waals surface area (Å²) in [7, 11) is 3.95. The average molecular weight is 595 g/mol. The molecule has 4 heterocycles. The number of aryl methyl sites for hydroxylation is 2. The molecule has 6 nitrogen and oxygen atoms in total. The summed E-state index contributed by atoms with van der Waals surface area (Å²) in [6, 6.07) is -0.363. The molecule has 2 aromatic rings. The van der Waals surface area contributed by atoms with Gasteiger partial charge >= 0.3 is 215 Å². The first-order valence-electron chi connectivity index (χ1n) is 15.4. The summed E-state index contributed by atoms with van der Waals surface area (Å²) >= 11 is 2.75. The van der Waals surface area contributed by atoms with Gasteiger partial charge in [0, 0.05) is 0 Å². The SMILES string of the molecule is B=CC(CCCCCCCC)N1C(=O)c2c(C)sc(-c3sc(C)c4c3C(=O)N(CCCCCCCC)C4=O)c2C1=O. The van der Waals surface area contributed by atoms with E-state index < -0.39 is 0 Å². The van der Waals surface area contributed by atoms with Crippen molar-refractivity contribution in [2.75, 3.05) is 6.54 Å². The van der Waals surface area contributed by atoms with Crippen molar-refractivity contribution in [3.63, 3.8) is 0 Å². The van der Waals surface area contributed by atoms with Crippen LogP contribution < -0.4 is 0 Å². The minimum atomic E-state index is -0.363. The summed E-state index contributed by atoms with van der Waals surface area (Å²) in [5.74, 6) is 0.594. The third kappa shape index (κ3) is 6.22. The number of carbonyl (C=O) groups excluding carboxylic acids is 4. The number of hydrogen-bond donors (Lipinski definition) is 0. The van der Waals surface area contributed by atoms with Crippen molar-refractivity contribution in [2.24, 2.45) is 0 Å². The summed E-state index contributed by atoms with van der Waals surface area (Å²) in [6.45, 7) is 8.50. The van der Waals surface area contributed by atoms with E-state index in [0.717, 1.165) is 48.3 Å². The molecule has 0 spiro atoms. The molecule has 0 aliphatic carbocycles. The van der Waals surface area contributed by atoms with Gasteiger partial charge in [-0.2, -0.15) is 0 Å².